The van der Waals surface area contributed by atoms with Crippen molar-refractivity contribution < 1.29 is 5.11 Å². The van der Waals surface area contributed by atoms with Crippen LogP contribution in [-0.4, -0.2) is 17.5 Å². The molecule has 1 unspecified atom stereocenters. The van der Waals surface area contributed by atoms with Crippen molar-refractivity contribution in [1.29, 1.82) is 0 Å². The van der Waals surface area contributed by atoms with Gasteiger partial charge in [-0.05, 0) is 36.8 Å². The highest BCUT2D eigenvalue weighted by Gasteiger charge is 2.02. The van der Waals surface area contributed by atoms with E-state index < -0.39 is 0 Å². The molecular formula is C11H16OS. The Hall–Kier alpha value is -0.470. The monoisotopic (exact) mass is 196 g/mol. The van der Waals surface area contributed by atoms with Crippen molar-refractivity contribution in [2.24, 2.45) is 0 Å². The normalized spacial score (nSPS) is 12.8. The molecule has 1 N–H and O–H groups in total. The molecule has 0 saturated heterocycles. The van der Waals surface area contributed by atoms with Crippen LogP contribution in [0.5, 0.6) is 0 Å². The van der Waals surface area contributed by atoms with Crippen molar-refractivity contribution in [2.45, 2.75) is 30.8 Å². The Bertz CT molecular complexity index is 260. The number of hydrogen-bond acceptors (Lipinski definition) is 2. The molecule has 1 nitrogen and oxygen atoms in total. The van der Waals surface area contributed by atoms with Crippen LogP contribution in [0.4, 0.5) is 0 Å². The lowest BCUT2D eigenvalue weighted by Gasteiger charge is -2.08. The van der Waals surface area contributed by atoms with E-state index in [0.717, 1.165) is 12.8 Å². The zero-order chi connectivity index (χ0) is 9.68. The highest BCUT2D eigenvalue weighted by molar-refractivity contribution is 7.98. The maximum Gasteiger partial charge on any atom is 0.0577 e. The molecule has 0 saturated carbocycles. The number of benzene rings is 1. The van der Waals surface area contributed by atoms with E-state index >= 15 is 0 Å². The van der Waals surface area contributed by atoms with E-state index in [1.807, 2.05) is 13.0 Å². The number of aliphatic hydroxyl groups is 1. The van der Waals surface area contributed by atoms with Crippen LogP contribution in [0.1, 0.15) is 18.9 Å². The summed E-state index contributed by atoms with van der Waals surface area (Å²) in [5, 5.41) is 9.47. The first-order valence-electron chi connectivity index (χ1n) is 4.57. The fourth-order valence-corrected chi connectivity index (χ4v) is 1.70. The van der Waals surface area contributed by atoms with Crippen LogP contribution >= 0.6 is 11.8 Å². The van der Waals surface area contributed by atoms with Gasteiger partial charge >= 0.3 is 0 Å². The molecule has 0 bridgehead atoms. The molecule has 2 heteroatoms. The Balaban J connectivity index is 2.66. The van der Waals surface area contributed by atoms with Crippen molar-refractivity contribution in [1.82, 2.24) is 0 Å². The van der Waals surface area contributed by atoms with Crippen molar-refractivity contribution in [3.05, 3.63) is 29.8 Å². The highest BCUT2D eigenvalue weighted by Crippen LogP contribution is 2.17. The topological polar surface area (TPSA) is 20.2 Å². The lowest BCUT2D eigenvalue weighted by molar-refractivity contribution is 0.171. The first kappa shape index (κ1) is 10.6. The molecule has 0 heterocycles. The first-order valence-corrected chi connectivity index (χ1v) is 5.79. The summed E-state index contributed by atoms with van der Waals surface area (Å²) in [5.74, 6) is 0. The molecule has 0 radical (unpaired) electrons. The van der Waals surface area contributed by atoms with Crippen LogP contribution in [0.25, 0.3) is 0 Å². The molecule has 0 aliphatic carbocycles. The number of rotatable bonds is 4. The number of thioether (sulfide) groups is 1. The Labute approximate surface area is 84.2 Å². The zero-order valence-electron chi connectivity index (χ0n) is 8.16. The van der Waals surface area contributed by atoms with E-state index in [1.165, 1.54) is 10.5 Å². The predicted octanol–water partition coefficient (Wildman–Crippen LogP) is 2.72. The third kappa shape index (κ3) is 3.41. The van der Waals surface area contributed by atoms with Crippen molar-refractivity contribution in [2.75, 3.05) is 6.26 Å². The molecule has 0 spiro atoms. The van der Waals surface area contributed by atoms with E-state index in [1.54, 1.807) is 11.8 Å². The quantitative estimate of drug-likeness (QED) is 0.747. The van der Waals surface area contributed by atoms with Crippen LogP contribution in [0.15, 0.2) is 29.2 Å². The van der Waals surface area contributed by atoms with Gasteiger partial charge in [0.05, 0.1) is 6.10 Å². The zero-order valence-corrected chi connectivity index (χ0v) is 8.97. The summed E-state index contributed by atoms with van der Waals surface area (Å²) in [6.07, 6.45) is 3.46. The van der Waals surface area contributed by atoms with Crippen LogP contribution in [0.2, 0.25) is 0 Å². The molecule has 0 aromatic heterocycles. The van der Waals surface area contributed by atoms with Gasteiger partial charge in [0.1, 0.15) is 0 Å². The summed E-state index contributed by atoms with van der Waals surface area (Å²) < 4.78 is 0. The van der Waals surface area contributed by atoms with Crippen molar-refractivity contribution >= 4 is 11.8 Å². The van der Waals surface area contributed by atoms with E-state index in [-0.39, 0.29) is 6.10 Å². The Morgan fingerprint density at radius 2 is 2.23 bits per heavy atom. The van der Waals surface area contributed by atoms with E-state index in [9.17, 15) is 5.11 Å². The highest BCUT2D eigenvalue weighted by atomic mass is 32.2. The fraction of sp³-hybridized carbons (Fsp3) is 0.455. The van der Waals surface area contributed by atoms with Gasteiger partial charge in [0.2, 0.25) is 0 Å². The third-order valence-corrected chi connectivity index (χ3v) is 2.80. The summed E-state index contributed by atoms with van der Waals surface area (Å²) in [7, 11) is 0. The summed E-state index contributed by atoms with van der Waals surface area (Å²) in [4.78, 5) is 1.26. The maximum atomic E-state index is 9.47. The number of aliphatic hydroxyl groups excluding tert-OH is 1. The minimum Gasteiger partial charge on any atom is -0.393 e. The SMILES string of the molecule is CCC(O)Cc1cccc(SC)c1. The molecule has 1 atom stereocenters. The molecule has 72 valence electrons. The average Bonchev–Trinajstić information content (AvgIpc) is 2.18. The van der Waals surface area contributed by atoms with Gasteiger partial charge in [0.25, 0.3) is 0 Å². The largest absolute Gasteiger partial charge is 0.393 e. The van der Waals surface area contributed by atoms with Gasteiger partial charge in [-0.3, -0.25) is 0 Å². The Kier molecular flexibility index (Phi) is 4.33. The minimum absolute atomic E-state index is 0.197. The molecular weight excluding hydrogens is 180 g/mol. The second-order valence-corrected chi connectivity index (χ2v) is 4.00. The molecule has 1 aromatic carbocycles. The third-order valence-electron chi connectivity index (χ3n) is 2.08. The van der Waals surface area contributed by atoms with Gasteiger partial charge in [-0.25, -0.2) is 0 Å². The summed E-state index contributed by atoms with van der Waals surface area (Å²) in [5.41, 5.74) is 1.22. The van der Waals surface area contributed by atoms with E-state index in [2.05, 4.69) is 24.5 Å². The molecule has 1 rings (SSSR count). The molecule has 0 aliphatic rings. The van der Waals surface area contributed by atoms with Gasteiger partial charge in [-0.1, -0.05) is 19.1 Å². The van der Waals surface area contributed by atoms with Gasteiger partial charge in [-0.2, -0.15) is 0 Å². The van der Waals surface area contributed by atoms with Gasteiger partial charge in [0, 0.05) is 4.90 Å². The van der Waals surface area contributed by atoms with Gasteiger partial charge in [0.15, 0.2) is 0 Å². The lowest BCUT2D eigenvalue weighted by atomic mass is 10.1. The minimum atomic E-state index is -0.197. The van der Waals surface area contributed by atoms with Crippen molar-refractivity contribution in [3.63, 3.8) is 0 Å². The van der Waals surface area contributed by atoms with Crippen LogP contribution in [-0.2, 0) is 6.42 Å². The summed E-state index contributed by atoms with van der Waals surface area (Å²) in [6, 6.07) is 8.35. The molecule has 0 amide bonds. The van der Waals surface area contributed by atoms with Crippen LogP contribution in [0, 0.1) is 0 Å². The smallest absolute Gasteiger partial charge is 0.0577 e. The standard InChI is InChI=1S/C11H16OS/c1-3-10(12)7-9-5-4-6-11(8-9)13-2/h4-6,8,10,12H,3,7H2,1-2H3. The number of hydrogen-bond donors (Lipinski definition) is 1. The van der Waals surface area contributed by atoms with Crippen molar-refractivity contribution in [3.8, 4) is 0 Å². The summed E-state index contributed by atoms with van der Waals surface area (Å²) in [6.45, 7) is 2.00. The first-order chi connectivity index (χ1) is 6.26. The Morgan fingerprint density at radius 3 is 2.85 bits per heavy atom. The second kappa shape index (κ2) is 5.30. The molecule has 0 aliphatic heterocycles. The molecule has 13 heavy (non-hydrogen) atoms. The van der Waals surface area contributed by atoms with Crippen LogP contribution < -0.4 is 0 Å². The summed E-state index contributed by atoms with van der Waals surface area (Å²) >= 11 is 1.74. The Morgan fingerprint density at radius 1 is 1.46 bits per heavy atom. The fourth-order valence-electron chi connectivity index (χ4n) is 1.22. The van der Waals surface area contributed by atoms with E-state index in [4.69, 9.17) is 0 Å². The van der Waals surface area contributed by atoms with Gasteiger partial charge in [-0.15, -0.1) is 11.8 Å². The van der Waals surface area contributed by atoms with E-state index in [0.29, 0.717) is 0 Å². The predicted molar refractivity (Wildman–Crippen MR) is 58.2 cm³/mol. The van der Waals surface area contributed by atoms with Gasteiger partial charge < -0.3 is 5.11 Å². The molecule has 0 fully saturated rings. The average molecular weight is 196 g/mol. The molecule has 1 aromatic rings. The maximum absolute atomic E-state index is 9.47. The second-order valence-electron chi connectivity index (χ2n) is 3.12. The lowest BCUT2D eigenvalue weighted by Crippen LogP contribution is -2.08. The van der Waals surface area contributed by atoms with Crippen LogP contribution in [0.3, 0.4) is 0 Å².